The van der Waals surface area contributed by atoms with Gasteiger partial charge in [-0.1, -0.05) is 0 Å². The Labute approximate surface area is 79.0 Å². The maximum Gasteiger partial charge on any atom is 0.510 e. The van der Waals surface area contributed by atoms with E-state index in [1.807, 2.05) is 0 Å². The topological polar surface area (TPSA) is 93.1 Å². The lowest BCUT2D eigenvalue weighted by Gasteiger charge is -2.22. The molecule has 15 heavy (non-hydrogen) atoms. The van der Waals surface area contributed by atoms with E-state index >= 15 is 0 Å². The molecule has 0 saturated heterocycles. The van der Waals surface area contributed by atoms with Crippen LogP contribution in [0.15, 0.2) is 0 Å². The van der Waals surface area contributed by atoms with E-state index in [1.54, 1.807) is 0 Å². The first-order valence-electron chi connectivity index (χ1n) is 3.14. The molecule has 0 heterocycles. The largest absolute Gasteiger partial charge is 0.510 e. The van der Waals surface area contributed by atoms with Gasteiger partial charge in [0, 0.05) is 0 Å². The number of alkyl halides is 4. The van der Waals surface area contributed by atoms with E-state index in [-0.39, 0.29) is 0 Å². The minimum atomic E-state index is -4.96. The quantitative estimate of drug-likeness (QED) is 0.568. The summed E-state index contributed by atoms with van der Waals surface area (Å²) in [6.45, 7) is 0. The third-order valence-electron chi connectivity index (χ3n) is 1.01. The Kier molecular flexibility index (Phi) is 4.12. The second-order valence-corrected chi connectivity index (χ2v) is 2.07. The van der Waals surface area contributed by atoms with Gasteiger partial charge in [-0.05, 0) is 0 Å². The maximum atomic E-state index is 12.5. The number of hydrogen-bond acceptors (Lipinski definition) is 4. The molecule has 0 aliphatic carbocycles. The van der Waals surface area contributed by atoms with Crippen LogP contribution in [0, 0.1) is 0 Å². The smallest absolute Gasteiger partial charge is 0.450 e. The van der Waals surface area contributed by atoms with Gasteiger partial charge in [0.15, 0.2) is 0 Å². The van der Waals surface area contributed by atoms with Gasteiger partial charge in [0.1, 0.15) is 0 Å². The van der Waals surface area contributed by atoms with Crippen molar-refractivity contribution in [3.8, 4) is 0 Å². The van der Waals surface area contributed by atoms with E-state index in [2.05, 4.69) is 9.47 Å². The second-order valence-electron chi connectivity index (χ2n) is 2.07. The van der Waals surface area contributed by atoms with Crippen LogP contribution in [0.25, 0.3) is 0 Å². The van der Waals surface area contributed by atoms with Crippen molar-refractivity contribution >= 4 is 12.3 Å². The molecule has 0 rings (SSSR count). The Morgan fingerprint density at radius 3 is 1.87 bits per heavy atom. The molecule has 0 fully saturated rings. The van der Waals surface area contributed by atoms with Gasteiger partial charge < -0.3 is 19.7 Å². The van der Waals surface area contributed by atoms with Crippen LogP contribution in [0.5, 0.6) is 0 Å². The van der Waals surface area contributed by atoms with Gasteiger partial charge in [0.25, 0.3) is 12.5 Å². The number of hydrogen-bond donors (Lipinski definition) is 2. The summed E-state index contributed by atoms with van der Waals surface area (Å²) >= 11 is 0. The SMILES string of the molecule is O=C(O)OC(C(F)F)C(F)(F)OC(=O)O. The molecule has 10 heteroatoms. The van der Waals surface area contributed by atoms with E-state index in [9.17, 15) is 27.2 Å². The standard InChI is InChI=1S/C5H4F4O6/c6-2(7)1(14-3(10)11)5(8,9)15-4(12)13/h1-2H,(H,10,11)(H,12,13). The number of rotatable bonds is 4. The van der Waals surface area contributed by atoms with Gasteiger partial charge in [0.05, 0.1) is 0 Å². The summed E-state index contributed by atoms with van der Waals surface area (Å²) in [6, 6.07) is 0. The summed E-state index contributed by atoms with van der Waals surface area (Å²) in [5, 5.41) is 15.6. The van der Waals surface area contributed by atoms with Gasteiger partial charge in [0.2, 0.25) is 0 Å². The molecule has 0 radical (unpaired) electrons. The summed E-state index contributed by atoms with van der Waals surface area (Å²) in [5.41, 5.74) is 0. The van der Waals surface area contributed by atoms with Crippen LogP contribution in [0.4, 0.5) is 27.2 Å². The second kappa shape index (κ2) is 4.66. The fraction of sp³-hybridized carbons (Fsp3) is 0.600. The first kappa shape index (κ1) is 13.3. The Bertz CT molecular complexity index is 254. The minimum Gasteiger partial charge on any atom is -0.450 e. The molecule has 0 bridgehead atoms. The van der Waals surface area contributed by atoms with E-state index in [0.29, 0.717) is 0 Å². The summed E-state index contributed by atoms with van der Waals surface area (Å²) < 4.78 is 54.6. The predicted octanol–water partition coefficient (Wildman–Crippen LogP) is 1.60. The van der Waals surface area contributed by atoms with Gasteiger partial charge in [-0.15, -0.1) is 0 Å². The molecule has 0 amide bonds. The first-order chi connectivity index (χ1) is 6.66. The fourth-order valence-corrected chi connectivity index (χ4v) is 0.550. The number of carbonyl (C=O) groups is 2. The number of carboxylic acid groups (broad SMARTS) is 2. The zero-order valence-corrected chi connectivity index (χ0v) is 6.69. The van der Waals surface area contributed by atoms with Crippen molar-refractivity contribution in [1.29, 1.82) is 0 Å². The number of halogens is 4. The van der Waals surface area contributed by atoms with Crippen molar-refractivity contribution in [1.82, 2.24) is 0 Å². The van der Waals surface area contributed by atoms with Crippen molar-refractivity contribution in [2.24, 2.45) is 0 Å². The van der Waals surface area contributed by atoms with Crippen LogP contribution >= 0.6 is 0 Å². The lowest BCUT2D eigenvalue weighted by Crippen LogP contribution is -2.45. The highest BCUT2D eigenvalue weighted by Gasteiger charge is 2.53. The molecule has 88 valence electrons. The zero-order chi connectivity index (χ0) is 12.2. The highest BCUT2D eigenvalue weighted by atomic mass is 19.3. The van der Waals surface area contributed by atoms with Crippen LogP contribution < -0.4 is 0 Å². The van der Waals surface area contributed by atoms with Gasteiger partial charge >= 0.3 is 18.4 Å². The Balaban J connectivity index is 4.72. The summed E-state index contributed by atoms with van der Waals surface area (Å²) in [4.78, 5) is 19.4. The Morgan fingerprint density at radius 2 is 1.60 bits per heavy atom. The van der Waals surface area contributed by atoms with E-state index < -0.39 is 30.9 Å². The molecule has 0 aliphatic heterocycles. The molecule has 1 atom stereocenters. The van der Waals surface area contributed by atoms with E-state index in [4.69, 9.17) is 10.2 Å². The van der Waals surface area contributed by atoms with Crippen LogP contribution in [-0.4, -0.2) is 41.2 Å². The van der Waals surface area contributed by atoms with E-state index in [1.165, 1.54) is 0 Å². The summed E-state index contributed by atoms with van der Waals surface area (Å²) in [5.74, 6) is 0. The molecular formula is C5H4F4O6. The molecule has 6 nitrogen and oxygen atoms in total. The third-order valence-corrected chi connectivity index (χ3v) is 1.01. The first-order valence-corrected chi connectivity index (χ1v) is 3.14. The Hall–Kier alpha value is -1.74. The molecule has 0 aliphatic rings. The van der Waals surface area contributed by atoms with E-state index in [0.717, 1.165) is 0 Å². The molecule has 2 N–H and O–H groups in total. The van der Waals surface area contributed by atoms with Gasteiger partial charge in [-0.2, -0.15) is 8.78 Å². The maximum absolute atomic E-state index is 12.5. The lowest BCUT2D eigenvalue weighted by molar-refractivity contribution is -0.286. The van der Waals surface area contributed by atoms with Crippen molar-refractivity contribution < 1.29 is 46.8 Å². The van der Waals surface area contributed by atoms with Crippen molar-refractivity contribution in [3.63, 3.8) is 0 Å². The molecule has 0 spiro atoms. The monoisotopic (exact) mass is 236 g/mol. The van der Waals surface area contributed by atoms with Gasteiger partial charge in [-0.25, -0.2) is 18.4 Å². The molecule has 0 aromatic rings. The van der Waals surface area contributed by atoms with Crippen molar-refractivity contribution in [2.75, 3.05) is 0 Å². The predicted molar refractivity (Wildman–Crippen MR) is 33.0 cm³/mol. The normalized spacial score (nSPS) is 13.4. The highest BCUT2D eigenvalue weighted by molar-refractivity contribution is 5.58. The highest BCUT2D eigenvalue weighted by Crippen LogP contribution is 2.27. The molecular weight excluding hydrogens is 232 g/mol. The summed E-state index contributed by atoms with van der Waals surface area (Å²) in [7, 11) is 0. The molecule has 1 unspecified atom stereocenters. The van der Waals surface area contributed by atoms with Crippen LogP contribution in [-0.2, 0) is 9.47 Å². The number of ether oxygens (including phenoxy) is 2. The summed E-state index contributed by atoms with van der Waals surface area (Å²) in [6.07, 6.45) is -17.4. The minimum absolute atomic E-state index is 2.41. The molecule has 0 aromatic carbocycles. The lowest BCUT2D eigenvalue weighted by atomic mass is 10.3. The fourth-order valence-electron chi connectivity index (χ4n) is 0.550. The van der Waals surface area contributed by atoms with Crippen LogP contribution in [0.2, 0.25) is 0 Å². The Morgan fingerprint density at radius 1 is 1.13 bits per heavy atom. The zero-order valence-electron chi connectivity index (χ0n) is 6.69. The molecule has 0 aromatic heterocycles. The third kappa shape index (κ3) is 4.33. The average molecular weight is 236 g/mol. The van der Waals surface area contributed by atoms with Crippen LogP contribution in [0.3, 0.4) is 0 Å². The average Bonchev–Trinajstić information content (AvgIpc) is 1.96. The van der Waals surface area contributed by atoms with Crippen molar-refractivity contribution in [3.05, 3.63) is 0 Å². The van der Waals surface area contributed by atoms with Crippen LogP contribution in [0.1, 0.15) is 0 Å². The van der Waals surface area contributed by atoms with Crippen molar-refractivity contribution in [2.45, 2.75) is 18.6 Å². The molecule has 0 saturated carbocycles. The van der Waals surface area contributed by atoms with Gasteiger partial charge in [-0.3, -0.25) is 0 Å².